The van der Waals surface area contributed by atoms with Gasteiger partial charge in [0, 0.05) is 25.6 Å². The van der Waals surface area contributed by atoms with Crippen molar-refractivity contribution in [1.29, 1.82) is 0 Å². The summed E-state index contributed by atoms with van der Waals surface area (Å²) < 4.78 is 35.0. The van der Waals surface area contributed by atoms with Crippen LogP contribution in [0.4, 0.5) is 19.4 Å². The van der Waals surface area contributed by atoms with Gasteiger partial charge in [-0.3, -0.25) is 14.9 Å². The molecule has 1 saturated carbocycles. The third kappa shape index (κ3) is 7.01. The molecule has 2 atom stereocenters. The number of urea groups is 1. The summed E-state index contributed by atoms with van der Waals surface area (Å²) in [6, 6.07) is 12.1. The molecule has 1 aliphatic carbocycles. The topological polar surface area (TPSA) is 110 Å². The molecule has 0 spiro atoms. The van der Waals surface area contributed by atoms with Gasteiger partial charge in [-0.15, -0.1) is 5.10 Å². The number of hydroxylamine groups is 2. The summed E-state index contributed by atoms with van der Waals surface area (Å²) in [6.45, 7) is 4.88. The normalized spacial score (nSPS) is 18.7. The molecule has 2 aromatic carbocycles. The number of carbonyl (C=O) groups excluding carboxylic acids is 2. The first kappa shape index (κ1) is 28.5. The number of nitrogens with zero attached hydrogens (tertiary/aromatic N) is 3. The van der Waals surface area contributed by atoms with Gasteiger partial charge in [-0.05, 0) is 56.0 Å². The fourth-order valence-electron chi connectivity index (χ4n) is 4.66. The third-order valence-electron chi connectivity index (χ3n) is 7.01. The molecule has 10 nitrogen and oxygen atoms in total. The molecule has 1 saturated heterocycles. The minimum absolute atomic E-state index is 0.0147. The first-order valence-corrected chi connectivity index (χ1v) is 13.8. The van der Waals surface area contributed by atoms with Gasteiger partial charge in [0.2, 0.25) is 11.8 Å². The van der Waals surface area contributed by atoms with Gasteiger partial charge >= 0.3 is 6.03 Å². The Hall–Kier alpha value is -4.03. The van der Waals surface area contributed by atoms with Gasteiger partial charge in [0.15, 0.2) is 11.6 Å². The SMILES string of the molecule is CCN1C[C@@H](NC(=O)Nc2c(C)c(OCCCC(=O)NC3CC3)nn2-c2ccccc2)[C@H](c2ccc(F)c(F)c2)O1. The number of likely N-dealkylation sites (N-methyl/N-ethyl adjacent to an activating group) is 1. The lowest BCUT2D eigenvalue weighted by atomic mass is 10.0. The highest BCUT2D eigenvalue weighted by molar-refractivity contribution is 5.90. The van der Waals surface area contributed by atoms with E-state index in [1.54, 1.807) is 16.7 Å². The van der Waals surface area contributed by atoms with Crippen molar-refractivity contribution in [1.82, 2.24) is 25.5 Å². The highest BCUT2D eigenvalue weighted by atomic mass is 19.2. The average Bonchev–Trinajstić information content (AvgIpc) is 3.61. The zero-order valence-corrected chi connectivity index (χ0v) is 23.0. The van der Waals surface area contributed by atoms with Crippen LogP contribution in [0.2, 0.25) is 0 Å². The molecule has 3 amide bonds. The number of carbonyl (C=O) groups is 2. The summed E-state index contributed by atoms with van der Waals surface area (Å²) in [4.78, 5) is 31.2. The van der Waals surface area contributed by atoms with Crippen molar-refractivity contribution in [3.63, 3.8) is 0 Å². The van der Waals surface area contributed by atoms with E-state index in [0.29, 0.717) is 67.1 Å². The van der Waals surface area contributed by atoms with E-state index in [2.05, 4.69) is 21.0 Å². The van der Waals surface area contributed by atoms with E-state index in [0.717, 1.165) is 25.0 Å². The fourth-order valence-corrected chi connectivity index (χ4v) is 4.66. The summed E-state index contributed by atoms with van der Waals surface area (Å²) in [5, 5.41) is 15.0. The second-order valence-electron chi connectivity index (χ2n) is 10.2. The number of amides is 3. The summed E-state index contributed by atoms with van der Waals surface area (Å²) in [5.41, 5.74) is 1.74. The Kier molecular flexibility index (Phi) is 8.79. The maximum atomic E-state index is 14.0. The van der Waals surface area contributed by atoms with E-state index in [-0.39, 0.29) is 5.91 Å². The van der Waals surface area contributed by atoms with Crippen LogP contribution in [0.3, 0.4) is 0 Å². The number of rotatable bonds is 11. The number of hydrogen-bond acceptors (Lipinski definition) is 6. The molecule has 218 valence electrons. The number of halogens is 2. The lowest BCUT2D eigenvalue weighted by molar-refractivity contribution is -0.144. The van der Waals surface area contributed by atoms with Crippen molar-refractivity contribution < 1.29 is 27.9 Å². The predicted octanol–water partition coefficient (Wildman–Crippen LogP) is 4.40. The summed E-state index contributed by atoms with van der Waals surface area (Å²) in [6.07, 6.45) is 2.27. The molecule has 3 N–H and O–H groups in total. The van der Waals surface area contributed by atoms with Crippen molar-refractivity contribution in [2.24, 2.45) is 0 Å². The standard InChI is InChI=1S/C29H34F2N6O4/c1-3-36-17-24(26(41-36)19-11-14-22(30)23(31)16-19)33-29(39)34-27-18(2)28(35-37(27)21-8-5-4-6-9-21)40-15-7-10-25(38)32-20-12-13-20/h4-6,8-9,11,14,16,20,24,26H,3,7,10,12-13,15,17H2,1-2H3,(H,32,38)(H2,33,34,39)/t24-,26+/m1/s1. The molecule has 3 aromatic rings. The van der Waals surface area contributed by atoms with Gasteiger partial charge in [0.1, 0.15) is 11.9 Å². The van der Waals surface area contributed by atoms with Crippen LogP contribution in [0, 0.1) is 18.6 Å². The number of hydrogen-bond donors (Lipinski definition) is 3. The Labute approximate surface area is 236 Å². The molecule has 2 aliphatic rings. The number of ether oxygens (including phenoxy) is 1. The highest BCUT2D eigenvalue weighted by Gasteiger charge is 2.36. The van der Waals surface area contributed by atoms with Gasteiger partial charge in [-0.1, -0.05) is 31.2 Å². The van der Waals surface area contributed by atoms with Crippen LogP contribution in [-0.4, -0.2) is 58.6 Å². The van der Waals surface area contributed by atoms with Gasteiger partial charge in [0.05, 0.1) is 23.9 Å². The minimum atomic E-state index is -0.984. The molecule has 0 bridgehead atoms. The maximum absolute atomic E-state index is 14.0. The van der Waals surface area contributed by atoms with Crippen LogP contribution in [0.25, 0.3) is 5.69 Å². The van der Waals surface area contributed by atoms with Crippen LogP contribution in [0.1, 0.15) is 49.8 Å². The first-order chi connectivity index (χ1) is 19.8. The number of nitrogens with one attached hydrogen (secondary N) is 3. The second-order valence-corrected chi connectivity index (χ2v) is 10.2. The lowest BCUT2D eigenvalue weighted by Crippen LogP contribution is -2.42. The molecule has 1 aromatic heterocycles. The summed E-state index contributed by atoms with van der Waals surface area (Å²) in [7, 11) is 0. The van der Waals surface area contributed by atoms with Crippen molar-refractivity contribution >= 4 is 17.8 Å². The van der Waals surface area contributed by atoms with E-state index in [1.165, 1.54) is 6.07 Å². The van der Waals surface area contributed by atoms with E-state index in [4.69, 9.17) is 9.57 Å². The van der Waals surface area contributed by atoms with Crippen LogP contribution in [0.15, 0.2) is 48.5 Å². The number of anilines is 1. The van der Waals surface area contributed by atoms with Crippen molar-refractivity contribution in [3.8, 4) is 11.6 Å². The van der Waals surface area contributed by atoms with Crippen molar-refractivity contribution in [2.75, 3.05) is 25.0 Å². The summed E-state index contributed by atoms with van der Waals surface area (Å²) in [5.74, 6) is -1.17. The highest BCUT2D eigenvalue weighted by Crippen LogP contribution is 2.31. The van der Waals surface area contributed by atoms with Crippen LogP contribution in [-0.2, 0) is 9.63 Å². The average molecular weight is 569 g/mol. The van der Waals surface area contributed by atoms with E-state index < -0.39 is 29.8 Å². The minimum Gasteiger partial charge on any atom is -0.476 e. The van der Waals surface area contributed by atoms with Crippen LogP contribution < -0.4 is 20.7 Å². The second kappa shape index (κ2) is 12.6. The van der Waals surface area contributed by atoms with E-state index in [9.17, 15) is 18.4 Å². The quantitative estimate of drug-likeness (QED) is 0.296. The zero-order valence-electron chi connectivity index (χ0n) is 23.0. The zero-order chi connectivity index (χ0) is 28.9. The van der Waals surface area contributed by atoms with Gasteiger partial charge in [-0.2, -0.15) is 5.06 Å². The van der Waals surface area contributed by atoms with Crippen molar-refractivity contribution in [3.05, 3.63) is 71.3 Å². The smallest absolute Gasteiger partial charge is 0.320 e. The molecule has 12 heteroatoms. The van der Waals surface area contributed by atoms with Crippen LogP contribution >= 0.6 is 0 Å². The van der Waals surface area contributed by atoms with E-state index >= 15 is 0 Å². The van der Waals surface area contributed by atoms with E-state index in [1.807, 2.05) is 37.3 Å². The molecular formula is C29H34F2N6O4. The molecule has 0 radical (unpaired) electrons. The van der Waals surface area contributed by atoms with Crippen LogP contribution in [0.5, 0.6) is 5.88 Å². The number of para-hydroxylation sites is 1. The fraction of sp³-hybridized carbons (Fsp3) is 0.414. The largest absolute Gasteiger partial charge is 0.476 e. The summed E-state index contributed by atoms with van der Waals surface area (Å²) >= 11 is 0. The lowest BCUT2D eigenvalue weighted by Gasteiger charge is -2.19. The Morgan fingerprint density at radius 2 is 1.88 bits per heavy atom. The monoisotopic (exact) mass is 568 g/mol. The Bertz CT molecular complexity index is 1380. The Balaban J connectivity index is 1.29. The molecule has 0 unspecified atom stereocenters. The molecule has 5 rings (SSSR count). The maximum Gasteiger partial charge on any atom is 0.320 e. The molecular weight excluding hydrogens is 534 g/mol. The van der Waals surface area contributed by atoms with Gasteiger partial charge in [0.25, 0.3) is 0 Å². The van der Waals surface area contributed by atoms with Crippen molar-refractivity contribution in [2.45, 2.75) is 57.7 Å². The molecule has 2 fully saturated rings. The molecule has 2 heterocycles. The Morgan fingerprint density at radius 1 is 1.10 bits per heavy atom. The number of aromatic nitrogens is 2. The Morgan fingerprint density at radius 3 is 2.59 bits per heavy atom. The van der Waals surface area contributed by atoms with Gasteiger partial charge < -0.3 is 15.4 Å². The number of benzene rings is 2. The first-order valence-electron chi connectivity index (χ1n) is 13.8. The third-order valence-corrected chi connectivity index (χ3v) is 7.01. The molecule has 1 aliphatic heterocycles. The molecule has 41 heavy (non-hydrogen) atoms. The predicted molar refractivity (Wildman–Crippen MR) is 148 cm³/mol. The van der Waals surface area contributed by atoms with Gasteiger partial charge in [-0.25, -0.2) is 18.3 Å².